The van der Waals surface area contributed by atoms with Gasteiger partial charge in [-0.25, -0.2) is 8.42 Å². The highest BCUT2D eigenvalue weighted by molar-refractivity contribution is 9.10. The highest BCUT2D eigenvalue weighted by Gasteiger charge is 2.23. The van der Waals surface area contributed by atoms with Crippen LogP contribution in [0.1, 0.15) is 6.92 Å². The molecule has 1 unspecified atom stereocenters. The maximum Gasteiger partial charge on any atom is 0.307 e. The molecule has 1 aromatic carbocycles. The lowest BCUT2D eigenvalue weighted by atomic mass is 10.2. The minimum absolute atomic E-state index is 0.472. The van der Waals surface area contributed by atoms with Crippen molar-refractivity contribution in [3.63, 3.8) is 0 Å². The summed E-state index contributed by atoms with van der Waals surface area (Å²) in [5.41, 5.74) is 0.472. The van der Waals surface area contributed by atoms with Gasteiger partial charge in [0.25, 0.3) is 0 Å². The Morgan fingerprint density at radius 2 is 1.85 bits per heavy atom. The summed E-state index contributed by atoms with van der Waals surface area (Å²) < 4.78 is 24.2. The lowest BCUT2D eigenvalue weighted by Crippen LogP contribution is -2.29. The third-order valence-electron chi connectivity index (χ3n) is 2.40. The lowest BCUT2D eigenvalue weighted by Gasteiger charge is -2.08. The van der Waals surface area contributed by atoms with Gasteiger partial charge in [0, 0.05) is 10.2 Å². The molecule has 0 saturated heterocycles. The molecule has 8 heteroatoms. The Bertz CT molecular complexity index is 597. The highest BCUT2D eigenvalue weighted by atomic mass is 79.9. The summed E-state index contributed by atoms with van der Waals surface area (Å²) in [5, 5.41) is 11.1. The van der Waals surface area contributed by atoms with Crippen molar-refractivity contribution >= 4 is 43.3 Å². The molecule has 0 aromatic heterocycles. The molecule has 1 rings (SSSR count). The number of sulfone groups is 1. The van der Waals surface area contributed by atoms with Crippen LogP contribution in [0, 0.1) is 5.92 Å². The molecule has 0 fully saturated rings. The number of carbonyl (C=O) groups excluding carboxylic acids is 1. The number of halogens is 1. The number of amides is 1. The Morgan fingerprint density at radius 1 is 1.30 bits per heavy atom. The summed E-state index contributed by atoms with van der Waals surface area (Å²) in [6.07, 6.45) is 0. The van der Waals surface area contributed by atoms with Crippen LogP contribution in [0.5, 0.6) is 0 Å². The molecule has 0 aliphatic heterocycles. The minimum Gasteiger partial charge on any atom is -0.481 e. The van der Waals surface area contributed by atoms with Gasteiger partial charge in [0.2, 0.25) is 5.91 Å². The van der Waals surface area contributed by atoms with Crippen molar-refractivity contribution in [2.45, 2.75) is 6.92 Å². The number of carboxylic acids is 1. The van der Waals surface area contributed by atoms with Crippen LogP contribution in [0.2, 0.25) is 0 Å². The van der Waals surface area contributed by atoms with Crippen LogP contribution < -0.4 is 5.32 Å². The SMILES string of the molecule is CC(CS(=O)(=O)CC(=O)Nc1ccc(Br)cc1)C(=O)O. The number of benzene rings is 1. The van der Waals surface area contributed by atoms with E-state index in [9.17, 15) is 18.0 Å². The number of aliphatic carboxylic acids is 1. The zero-order chi connectivity index (χ0) is 15.3. The number of carboxylic acid groups (broad SMARTS) is 1. The van der Waals surface area contributed by atoms with Crippen LogP contribution in [-0.2, 0) is 19.4 Å². The first-order valence-electron chi connectivity index (χ1n) is 5.68. The van der Waals surface area contributed by atoms with Crippen molar-refractivity contribution in [1.29, 1.82) is 0 Å². The lowest BCUT2D eigenvalue weighted by molar-refractivity contribution is -0.140. The first-order valence-corrected chi connectivity index (χ1v) is 8.30. The van der Waals surface area contributed by atoms with Crippen molar-refractivity contribution in [3.8, 4) is 0 Å². The van der Waals surface area contributed by atoms with Crippen LogP contribution in [-0.4, -0.2) is 36.9 Å². The van der Waals surface area contributed by atoms with E-state index in [1.807, 2.05) is 0 Å². The Morgan fingerprint density at radius 3 is 2.35 bits per heavy atom. The maximum atomic E-state index is 11.7. The highest BCUT2D eigenvalue weighted by Crippen LogP contribution is 2.14. The second-order valence-electron chi connectivity index (χ2n) is 4.35. The largest absolute Gasteiger partial charge is 0.481 e. The van der Waals surface area contributed by atoms with Gasteiger partial charge in [-0.1, -0.05) is 22.9 Å². The molecule has 20 heavy (non-hydrogen) atoms. The van der Waals surface area contributed by atoms with Gasteiger partial charge in [-0.3, -0.25) is 9.59 Å². The second-order valence-corrected chi connectivity index (χ2v) is 7.37. The molecule has 1 atom stereocenters. The molecular formula is C12H14BrNO5S. The van der Waals surface area contributed by atoms with Crippen molar-refractivity contribution in [2.24, 2.45) is 5.92 Å². The third kappa shape index (κ3) is 5.70. The van der Waals surface area contributed by atoms with Gasteiger partial charge in [0.1, 0.15) is 5.75 Å². The second kappa shape index (κ2) is 6.85. The topological polar surface area (TPSA) is 101 Å². The van der Waals surface area contributed by atoms with Crippen LogP contribution in [0.15, 0.2) is 28.7 Å². The first-order chi connectivity index (χ1) is 9.19. The predicted molar refractivity (Wildman–Crippen MR) is 78.2 cm³/mol. The Kier molecular flexibility index (Phi) is 5.70. The number of hydrogen-bond acceptors (Lipinski definition) is 4. The molecule has 0 bridgehead atoms. The summed E-state index contributed by atoms with van der Waals surface area (Å²) >= 11 is 3.24. The minimum atomic E-state index is -3.76. The van der Waals surface area contributed by atoms with Crippen LogP contribution in [0.4, 0.5) is 5.69 Å². The summed E-state index contributed by atoms with van der Waals surface area (Å²) in [7, 11) is -3.76. The van der Waals surface area contributed by atoms with E-state index in [0.29, 0.717) is 5.69 Å². The fraction of sp³-hybridized carbons (Fsp3) is 0.333. The standard InChI is InChI=1S/C12H14BrNO5S/c1-8(12(16)17)6-20(18,19)7-11(15)14-10-4-2-9(13)3-5-10/h2-5,8H,6-7H2,1H3,(H,14,15)(H,16,17). The maximum absolute atomic E-state index is 11.7. The van der Waals surface area contributed by atoms with E-state index in [0.717, 1.165) is 4.47 Å². The molecule has 6 nitrogen and oxygen atoms in total. The normalized spacial score (nSPS) is 12.7. The Balaban J connectivity index is 2.61. The summed E-state index contributed by atoms with van der Waals surface area (Å²) in [5.74, 6) is -4.23. The number of hydrogen-bond donors (Lipinski definition) is 2. The zero-order valence-electron chi connectivity index (χ0n) is 10.7. The Hall–Kier alpha value is -1.41. The van der Waals surface area contributed by atoms with Gasteiger partial charge >= 0.3 is 5.97 Å². The van der Waals surface area contributed by atoms with Crippen molar-refractivity contribution in [2.75, 3.05) is 16.8 Å². The molecule has 0 radical (unpaired) electrons. The smallest absolute Gasteiger partial charge is 0.307 e. The van der Waals surface area contributed by atoms with Crippen molar-refractivity contribution in [3.05, 3.63) is 28.7 Å². The van der Waals surface area contributed by atoms with E-state index in [1.165, 1.54) is 6.92 Å². The molecule has 0 aliphatic rings. The van der Waals surface area contributed by atoms with E-state index in [4.69, 9.17) is 5.11 Å². The van der Waals surface area contributed by atoms with Crippen LogP contribution in [0.3, 0.4) is 0 Å². The quantitative estimate of drug-likeness (QED) is 0.797. The molecule has 0 saturated carbocycles. The Labute approximate surface area is 125 Å². The van der Waals surface area contributed by atoms with E-state index in [-0.39, 0.29) is 0 Å². The number of nitrogens with one attached hydrogen (secondary N) is 1. The summed E-state index contributed by atoms with van der Waals surface area (Å²) in [4.78, 5) is 22.2. The molecule has 1 amide bonds. The van der Waals surface area contributed by atoms with E-state index in [2.05, 4.69) is 21.2 Å². The van der Waals surface area contributed by atoms with Gasteiger partial charge in [-0.05, 0) is 24.3 Å². The van der Waals surface area contributed by atoms with Crippen molar-refractivity contribution < 1.29 is 23.1 Å². The van der Waals surface area contributed by atoms with E-state index < -0.39 is 39.1 Å². The van der Waals surface area contributed by atoms with Crippen molar-refractivity contribution in [1.82, 2.24) is 0 Å². The summed E-state index contributed by atoms with van der Waals surface area (Å²) in [6.45, 7) is 1.28. The van der Waals surface area contributed by atoms with E-state index in [1.54, 1.807) is 24.3 Å². The summed E-state index contributed by atoms with van der Waals surface area (Å²) in [6, 6.07) is 6.65. The fourth-order valence-corrected chi connectivity index (χ4v) is 3.20. The molecule has 1 aromatic rings. The number of carbonyl (C=O) groups is 2. The van der Waals surface area contributed by atoms with Gasteiger partial charge < -0.3 is 10.4 Å². The van der Waals surface area contributed by atoms with E-state index >= 15 is 0 Å². The predicted octanol–water partition coefficient (Wildman–Crippen LogP) is 1.52. The zero-order valence-corrected chi connectivity index (χ0v) is 13.1. The monoisotopic (exact) mass is 363 g/mol. The average molecular weight is 364 g/mol. The molecule has 0 aliphatic carbocycles. The molecule has 2 N–H and O–H groups in total. The molecule has 0 heterocycles. The molecule has 110 valence electrons. The molecule has 0 spiro atoms. The van der Waals surface area contributed by atoms with Gasteiger partial charge in [0.05, 0.1) is 11.7 Å². The van der Waals surface area contributed by atoms with Crippen LogP contribution >= 0.6 is 15.9 Å². The van der Waals surface area contributed by atoms with Gasteiger partial charge in [-0.2, -0.15) is 0 Å². The number of anilines is 1. The average Bonchev–Trinajstić information content (AvgIpc) is 2.30. The van der Waals surface area contributed by atoms with Crippen LogP contribution in [0.25, 0.3) is 0 Å². The first kappa shape index (κ1) is 16.6. The van der Waals surface area contributed by atoms with Gasteiger partial charge in [0.15, 0.2) is 9.84 Å². The fourth-order valence-electron chi connectivity index (χ4n) is 1.44. The number of rotatable bonds is 6. The third-order valence-corrected chi connectivity index (χ3v) is 4.64. The molecular weight excluding hydrogens is 350 g/mol. The van der Waals surface area contributed by atoms with Gasteiger partial charge in [-0.15, -0.1) is 0 Å².